The molecule has 33 heavy (non-hydrogen) atoms. The average molecular weight is 473 g/mol. The predicted molar refractivity (Wildman–Crippen MR) is 125 cm³/mol. The van der Waals surface area contributed by atoms with Crippen molar-refractivity contribution in [3.05, 3.63) is 0 Å². The number of esters is 2. The van der Waals surface area contributed by atoms with Gasteiger partial charge in [-0.2, -0.15) is 0 Å². The third-order valence-corrected chi connectivity index (χ3v) is 5.61. The van der Waals surface area contributed by atoms with Crippen LogP contribution in [0, 0.1) is 10.8 Å². The molecule has 0 radical (unpaired) electrons. The fourth-order valence-electron chi connectivity index (χ4n) is 3.02. The number of hydrogen-bond acceptors (Lipinski definition) is 8. The lowest BCUT2D eigenvalue weighted by molar-refractivity contribution is -0.182. The molecule has 0 heterocycles. The Morgan fingerprint density at radius 2 is 1.12 bits per heavy atom. The summed E-state index contributed by atoms with van der Waals surface area (Å²) in [7, 11) is 0. The van der Waals surface area contributed by atoms with E-state index < -0.39 is 58.9 Å². The van der Waals surface area contributed by atoms with Crippen LogP contribution in [-0.2, 0) is 38.1 Å². The molecule has 0 aromatic carbocycles. The van der Waals surface area contributed by atoms with Crippen LogP contribution in [0.3, 0.4) is 0 Å². The summed E-state index contributed by atoms with van der Waals surface area (Å²) in [5.41, 5.74) is -3.40. The van der Waals surface area contributed by atoms with Gasteiger partial charge in [0.1, 0.15) is 6.61 Å². The first kappa shape index (κ1) is 31.2. The summed E-state index contributed by atoms with van der Waals surface area (Å²) < 4.78 is 21.9. The fourth-order valence-corrected chi connectivity index (χ4v) is 3.02. The van der Waals surface area contributed by atoms with Crippen molar-refractivity contribution < 1.29 is 38.1 Å². The van der Waals surface area contributed by atoms with E-state index in [1.807, 2.05) is 20.8 Å². The predicted octanol–water partition coefficient (Wildman–Crippen LogP) is 4.06. The number of ether oxygens (including phenoxy) is 4. The first-order valence-corrected chi connectivity index (χ1v) is 11.3. The topological polar surface area (TPSA) is 105 Å². The number of carbonyl (C=O) groups excluding carboxylic acids is 4. The van der Waals surface area contributed by atoms with E-state index in [4.69, 9.17) is 18.9 Å². The Hall–Kier alpha value is -1.80. The Morgan fingerprint density at radius 3 is 1.55 bits per heavy atom. The largest absolute Gasteiger partial charge is 0.453 e. The summed E-state index contributed by atoms with van der Waals surface area (Å²) >= 11 is 0. The molecule has 3 atom stereocenters. The van der Waals surface area contributed by atoms with Crippen LogP contribution in [0.4, 0.5) is 0 Å². The quantitative estimate of drug-likeness (QED) is 0.415. The van der Waals surface area contributed by atoms with E-state index in [1.165, 1.54) is 13.8 Å². The molecule has 0 N–H and O–H groups in total. The van der Waals surface area contributed by atoms with Gasteiger partial charge in [-0.15, -0.1) is 0 Å². The lowest BCUT2D eigenvalue weighted by Crippen LogP contribution is -2.52. The van der Waals surface area contributed by atoms with Gasteiger partial charge < -0.3 is 18.9 Å². The van der Waals surface area contributed by atoms with E-state index in [0.29, 0.717) is 0 Å². The first-order valence-electron chi connectivity index (χ1n) is 11.3. The number of hydrogen-bond donors (Lipinski definition) is 0. The molecule has 0 aliphatic heterocycles. The van der Waals surface area contributed by atoms with Crippen LogP contribution >= 0.6 is 0 Å². The Morgan fingerprint density at radius 1 is 0.667 bits per heavy atom. The van der Waals surface area contributed by atoms with E-state index in [0.717, 1.165) is 0 Å². The average Bonchev–Trinajstić information content (AvgIpc) is 2.62. The minimum absolute atomic E-state index is 0.203. The van der Waals surface area contributed by atoms with Crippen molar-refractivity contribution in [2.75, 3.05) is 6.61 Å². The highest BCUT2D eigenvalue weighted by Gasteiger charge is 2.47. The molecule has 0 saturated heterocycles. The van der Waals surface area contributed by atoms with Crippen LogP contribution in [0.5, 0.6) is 0 Å². The molecule has 0 aromatic heterocycles. The zero-order chi connectivity index (χ0) is 26.6. The van der Waals surface area contributed by atoms with Crippen molar-refractivity contribution in [2.24, 2.45) is 10.8 Å². The molecule has 0 aliphatic rings. The third-order valence-electron chi connectivity index (χ3n) is 5.61. The van der Waals surface area contributed by atoms with Crippen LogP contribution in [0.15, 0.2) is 0 Å². The van der Waals surface area contributed by atoms with E-state index >= 15 is 0 Å². The second kappa shape index (κ2) is 11.1. The molecule has 8 heteroatoms. The number of ketones is 2. The fraction of sp³-hybridized carbons (Fsp3) is 0.840. The van der Waals surface area contributed by atoms with Gasteiger partial charge in [0.15, 0.2) is 29.9 Å². The van der Waals surface area contributed by atoms with Crippen LogP contribution in [0.1, 0.15) is 90.0 Å². The highest BCUT2D eigenvalue weighted by molar-refractivity contribution is 5.91. The van der Waals surface area contributed by atoms with E-state index in [9.17, 15) is 19.2 Å². The van der Waals surface area contributed by atoms with E-state index in [2.05, 4.69) is 0 Å². The van der Waals surface area contributed by atoms with Gasteiger partial charge in [-0.05, 0) is 69.2 Å². The van der Waals surface area contributed by atoms with Crippen LogP contribution in [-0.4, -0.2) is 59.6 Å². The minimum atomic E-state index is -1.12. The smallest absolute Gasteiger partial charge is 0.335 e. The standard InChI is InChI=1S/C25H44O8/c1-15(19(27)22(4,5)6)31-18(26)14-30-25(12,13)24(10,11)20(28)16(2)32-21(29)17(3)33-23(7,8)9/h15-17H,14H2,1-13H3. The molecule has 192 valence electrons. The van der Waals surface area contributed by atoms with Gasteiger partial charge >= 0.3 is 11.9 Å². The molecule has 0 bridgehead atoms. The van der Waals surface area contributed by atoms with Crippen molar-refractivity contribution in [3.8, 4) is 0 Å². The van der Waals surface area contributed by atoms with Crippen molar-refractivity contribution in [2.45, 2.75) is 120 Å². The maximum absolute atomic E-state index is 13.1. The number of rotatable bonds is 11. The molecule has 3 unspecified atom stereocenters. The Kier molecular flexibility index (Phi) is 10.5. The van der Waals surface area contributed by atoms with Gasteiger partial charge in [0.25, 0.3) is 0 Å². The van der Waals surface area contributed by atoms with E-state index in [1.54, 1.807) is 55.4 Å². The highest BCUT2D eigenvalue weighted by Crippen LogP contribution is 2.36. The molecule has 0 spiro atoms. The Bertz CT molecular complexity index is 722. The number of carbonyl (C=O) groups is 4. The monoisotopic (exact) mass is 472 g/mol. The second-order valence-electron chi connectivity index (χ2n) is 11.5. The molecular formula is C25H44O8. The third kappa shape index (κ3) is 9.53. The van der Waals surface area contributed by atoms with Crippen molar-refractivity contribution in [3.63, 3.8) is 0 Å². The maximum atomic E-state index is 13.1. The summed E-state index contributed by atoms with van der Waals surface area (Å²) in [5.74, 6) is -1.91. The Labute approximate surface area is 199 Å². The summed E-state index contributed by atoms with van der Waals surface area (Å²) in [5, 5.41) is 0. The van der Waals surface area contributed by atoms with Gasteiger partial charge in [0.05, 0.1) is 16.6 Å². The van der Waals surface area contributed by atoms with Gasteiger partial charge in [0.2, 0.25) is 0 Å². The van der Waals surface area contributed by atoms with E-state index in [-0.39, 0.29) is 11.6 Å². The summed E-state index contributed by atoms with van der Waals surface area (Å²) in [6.07, 6.45) is -2.78. The van der Waals surface area contributed by atoms with Crippen LogP contribution in [0.2, 0.25) is 0 Å². The minimum Gasteiger partial charge on any atom is -0.453 e. The van der Waals surface area contributed by atoms with Gasteiger partial charge in [-0.3, -0.25) is 9.59 Å². The summed E-state index contributed by atoms with van der Waals surface area (Å²) in [4.78, 5) is 49.9. The molecule has 0 fully saturated rings. The summed E-state index contributed by atoms with van der Waals surface area (Å²) in [6.45, 7) is 21.5. The SMILES string of the molecule is CC(OC(C)(C)C)C(=O)OC(C)C(=O)C(C)(C)C(C)(C)OCC(=O)OC(C)C(=O)C(C)(C)C. The lowest BCUT2D eigenvalue weighted by Gasteiger charge is -2.41. The summed E-state index contributed by atoms with van der Waals surface area (Å²) in [6, 6.07) is 0. The molecule has 8 nitrogen and oxygen atoms in total. The van der Waals surface area contributed by atoms with Gasteiger partial charge in [-0.1, -0.05) is 20.8 Å². The molecule has 0 rings (SSSR count). The molecule has 0 saturated carbocycles. The van der Waals surface area contributed by atoms with Crippen molar-refractivity contribution in [1.29, 1.82) is 0 Å². The normalized spacial score (nSPS) is 15.9. The zero-order valence-electron chi connectivity index (χ0n) is 22.7. The highest BCUT2D eigenvalue weighted by atomic mass is 16.6. The maximum Gasteiger partial charge on any atom is 0.335 e. The molecule has 0 amide bonds. The van der Waals surface area contributed by atoms with Crippen LogP contribution < -0.4 is 0 Å². The zero-order valence-corrected chi connectivity index (χ0v) is 22.7. The molecular weight excluding hydrogens is 428 g/mol. The van der Waals surface area contributed by atoms with Gasteiger partial charge in [0, 0.05) is 5.41 Å². The Balaban J connectivity index is 5.09. The lowest BCUT2D eigenvalue weighted by atomic mass is 9.72. The number of Topliss-reactive ketones (excluding diaryl/α,β-unsaturated/α-hetero) is 2. The van der Waals surface area contributed by atoms with Crippen molar-refractivity contribution in [1.82, 2.24) is 0 Å². The van der Waals surface area contributed by atoms with Crippen LogP contribution in [0.25, 0.3) is 0 Å². The first-order chi connectivity index (χ1) is 14.5. The van der Waals surface area contributed by atoms with Crippen molar-refractivity contribution >= 4 is 23.5 Å². The molecule has 0 aromatic rings. The molecule has 0 aliphatic carbocycles. The second-order valence-corrected chi connectivity index (χ2v) is 11.5. The van der Waals surface area contributed by atoms with Gasteiger partial charge in [-0.25, -0.2) is 9.59 Å².